The van der Waals surface area contributed by atoms with Gasteiger partial charge in [0, 0.05) is 0 Å². The zero-order chi connectivity index (χ0) is 20.8. The van der Waals surface area contributed by atoms with E-state index in [9.17, 15) is 4.79 Å². The van der Waals surface area contributed by atoms with Crippen molar-refractivity contribution in [1.82, 2.24) is 4.90 Å². The molecule has 0 aliphatic carbocycles. The summed E-state index contributed by atoms with van der Waals surface area (Å²) in [5.74, 6) is 0.734. The van der Waals surface area contributed by atoms with Gasteiger partial charge in [0.1, 0.15) is 0 Å². The molecule has 1 heterocycles. The summed E-state index contributed by atoms with van der Waals surface area (Å²) in [5, 5.41) is 0.649. The van der Waals surface area contributed by atoms with Crippen LogP contribution in [0.2, 0.25) is 5.02 Å². The normalized spacial score (nSPS) is 18.4. The van der Waals surface area contributed by atoms with Gasteiger partial charge in [-0.3, -0.25) is 0 Å². The Balaban J connectivity index is 1.86. The van der Waals surface area contributed by atoms with Gasteiger partial charge in [-0.05, 0) is 0 Å². The Bertz CT molecular complexity index is 960. The third-order valence-corrected chi connectivity index (χ3v) is 8.01. The van der Waals surface area contributed by atoms with E-state index in [-0.39, 0.29) is 27.1 Å². The summed E-state index contributed by atoms with van der Waals surface area (Å²) >= 11 is 8.00. The minimum atomic E-state index is -0.318. The molecule has 1 aliphatic heterocycles. The Hall–Kier alpha value is -1.26. The number of para-hydroxylation sites is 1. The molecule has 1 amide bonds. The number of nitrogens with zero attached hydrogens (tertiary/aromatic N) is 1. The number of ether oxygens (including phenoxy) is 1. The van der Waals surface area contributed by atoms with Crippen LogP contribution in [0.3, 0.4) is 0 Å². The van der Waals surface area contributed by atoms with Gasteiger partial charge in [0.15, 0.2) is 0 Å². The average molecular weight is 636 g/mol. The van der Waals surface area contributed by atoms with Crippen LogP contribution in [0.15, 0.2) is 58.2 Å². The molecule has 7 heteroatoms. The summed E-state index contributed by atoms with van der Waals surface area (Å²) in [6, 6.07) is 11.3. The van der Waals surface area contributed by atoms with E-state index in [1.807, 2.05) is 35.2 Å². The molecule has 0 unspecified atom stereocenters. The first-order valence-electron chi connectivity index (χ1n) is 9.17. The second-order valence-corrected chi connectivity index (χ2v) is 10.7. The van der Waals surface area contributed by atoms with Crippen molar-refractivity contribution >= 4 is 45.8 Å². The van der Waals surface area contributed by atoms with E-state index in [1.165, 1.54) is 9.14 Å². The molecule has 0 bridgehead atoms. The van der Waals surface area contributed by atoms with E-state index in [4.69, 9.17) is 22.1 Å². The number of benzene rings is 2. The van der Waals surface area contributed by atoms with Crippen LogP contribution in [0.5, 0.6) is 5.75 Å². The van der Waals surface area contributed by atoms with Crippen LogP contribution in [-0.2, 0) is 0 Å². The molecule has 2 aromatic carbocycles. The third kappa shape index (κ3) is 6.11. The summed E-state index contributed by atoms with van der Waals surface area (Å²) in [5.41, 5.74) is 8.47. The molecular formula is C22H22ClI2N2O2-. The summed E-state index contributed by atoms with van der Waals surface area (Å²) in [7, 11) is 0. The zero-order valence-corrected chi connectivity index (χ0v) is 21.1. The van der Waals surface area contributed by atoms with E-state index in [0.717, 1.165) is 15.7 Å². The maximum atomic E-state index is 13.2. The summed E-state index contributed by atoms with van der Waals surface area (Å²) in [6.45, 7) is 3.59. The van der Waals surface area contributed by atoms with E-state index in [2.05, 4.69) is 45.7 Å². The number of hydrogen-bond donors (Lipinski definition) is 1. The van der Waals surface area contributed by atoms with Gasteiger partial charge in [0.05, 0.1) is 0 Å². The molecule has 0 fully saturated rings. The van der Waals surface area contributed by atoms with Crippen molar-refractivity contribution in [3.8, 4) is 5.75 Å². The Kier molecular flexibility index (Phi) is 8.25. The topological polar surface area (TPSA) is 55.6 Å². The Morgan fingerprint density at radius 3 is 2.93 bits per heavy atom. The summed E-state index contributed by atoms with van der Waals surface area (Å²) < 4.78 is 10.3. The Morgan fingerprint density at radius 1 is 1.28 bits per heavy atom. The quantitative estimate of drug-likeness (QED) is 0.387. The van der Waals surface area contributed by atoms with Crippen molar-refractivity contribution < 1.29 is 30.7 Å². The molecule has 0 radical (unpaired) electrons. The zero-order valence-electron chi connectivity index (χ0n) is 16.0. The molecule has 154 valence electrons. The van der Waals surface area contributed by atoms with Crippen molar-refractivity contribution in [3.05, 3.63) is 75.9 Å². The molecule has 0 saturated carbocycles. The van der Waals surface area contributed by atoms with Gasteiger partial charge >= 0.3 is 202 Å². The number of nitrogens with two attached hydrogens (primary N) is 1. The number of carbonyl (C=O) groups is 1. The summed E-state index contributed by atoms with van der Waals surface area (Å²) in [6.07, 6.45) is 5.02. The van der Waals surface area contributed by atoms with Crippen molar-refractivity contribution in [2.24, 2.45) is 0 Å². The number of hydrogen-bond acceptors (Lipinski definition) is 3. The Morgan fingerprint density at radius 2 is 2.10 bits per heavy atom. The van der Waals surface area contributed by atoms with Gasteiger partial charge in [0.2, 0.25) is 0 Å². The van der Waals surface area contributed by atoms with Crippen LogP contribution in [0.4, 0.5) is 5.69 Å². The third-order valence-electron chi connectivity index (χ3n) is 4.49. The molecule has 29 heavy (non-hydrogen) atoms. The van der Waals surface area contributed by atoms with Gasteiger partial charge in [-0.2, -0.15) is 0 Å². The molecule has 3 rings (SSSR count). The van der Waals surface area contributed by atoms with E-state index in [1.54, 1.807) is 6.07 Å². The number of carbonyl (C=O) groups excluding carboxylic acids is 1. The van der Waals surface area contributed by atoms with Gasteiger partial charge < -0.3 is 0 Å². The first-order chi connectivity index (χ1) is 14.0. The minimum absolute atomic E-state index is 0.0680. The number of halogens is 3. The van der Waals surface area contributed by atoms with Gasteiger partial charge in [-0.25, -0.2) is 0 Å². The molecule has 1 aliphatic rings. The van der Waals surface area contributed by atoms with Gasteiger partial charge in [0.25, 0.3) is 0 Å². The molecule has 0 spiro atoms. The van der Waals surface area contributed by atoms with Crippen LogP contribution in [-0.4, -0.2) is 30.5 Å². The summed E-state index contributed by atoms with van der Waals surface area (Å²) in [4.78, 5) is 15.0. The van der Waals surface area contributed by atoms with Crippen LogP contribution >= 0.6 is 34.2 Å². The number of allylic oxidation sites excluding steroid dienone is 2. The average Bonchev–Trinajstić information content (AvgIpc) is 2.71. The molecule has 0 saturated heterocycles. The fourth-order valence-electron chi connectivity index (χ4n) is 2.85. The number of anilines is 1. The molecule has 0 aromatic heterocycles. The Labute approximate surface area is 200 Å². The molecular weight excluding hydrogens is 614 g/mol. The van der Waals surface area contributed by atoms with Crippen molar-refractivity contribution in [3.63, 3.8) is 0 Å². The van der Waals surface area contributed by atoms with E-state index >= 15 is 0 Å². The van der Waals surface area contributed by atoms with Crippen molar-refractivity contribution in [1.29, 1.82) is 0 Å². The van der Waals surface area contributed by atoms with Gasteiger partial charge in [-0.1, -0.05) is 0 Å². The fraction of sp³-hybridized carbons (Fsp3) is 0.227. The standard InChI is InChI=1S/C22H22ClI2N2O2/c1-15-4-3-10-25-19-8-7-16(23)14-20(19)29-13-12-27(11-9-15)22(28)17-5-2-6-18(24)21(17)26/h2-8,10,14H,9,11-13,26H2,1H3/q-1/b10-3-,15-4+. The van der Waals surface area contributed by atoms with E-state index < -0.39 is 0 Å². The van der Waals surface area contributed by atoms with Crippen LogP contribution in [0.25, 0.3) is 0 Å². The monoisotopic (exact) mass is 635 g/mol. The molecule has 0 atom stereocenters. The number of nitrogen functional groups attached to an aromatic ring is 1. The second-order valence-electron chi connectivity index (χ2n) is 6.61. The van der Waals surface area contributed by atoms with Crippen molar-refractivity contribution in [2.45, 2.75) is 13.3 Å². The number of fused-ring (bicyclic) bond motifs is 1. The molecule has 4 nitrogen and oxygen atoms in total. The van der Waals surface area contributed by atoms with E-state index in [0.29, 0.717) is 36.0 Å². The van der Waals surface area contributed by atoms with Crippen molar-refractivity contribution in [2.75, 3.05) is 25.4 Å². The molecule has 2 N–H and O–H groups in total. The first-order valence-corrected chi connectivity index (χ1v) is 12.9. The van der Waals surface area contributed by atoms with Gasteiger partial charge in [-0.15, -0.1) is 0 Å². The predicted molar refractivity (Wildman–Crippen MR) is 123 cm³/mol. The number of rotatable bonds is 1. The predicted octanol–water partition coefficient (Wildman–Crippen LogP) is 2.17. The molecule has 2 aromatic rings. The van der Waals surface area contributed by atoms with Crippen LogP contribution in [0.1, 0.15) is 23.7 Å². The fourth-order valence-corrected chi connectivity index (χ4v) is 5.32. The van der Waals surface area contributed by atoms with Crippen LogP contribution in [0, 0.1) is 7.14 Å². The first kappa shape index (κ1) is 22.4. The van der Waals surface area contributed by atoms with Crippen LogP contribution < -0.4 is 31.7 Å². The number of amides is 1. The maximum absolute atomic E-state index is 13.2. The second kappa shape index (κ2) is 10.7. The SMILES string of the molecule is C/C1=C\C=C/[I-]c2ccc(Cl)cc2OCCN(C(=O)c2cccc(I)c2N)CC1.